The third-order valence-corrected chi connectivity index (χ3v) is 7.44. The van der Waals surface area contributed by atoms with Gasteiger partial charge < -0.3 is 14.9 Å². The van der Waals surface area contributed by atoms with Crippen LogP contribution >= 0.6 is 22.9 Å². The van der Waals surface area contributed by atoms with Crippen LogP contribution in [0.4, 0.5) is 0 Å². The molecule has 0 spiro atoms. The number of benzene rings is 1. The number of fused-ring (bicyclic) bond motifs is 1. The predicted molar refractivity (Wildman–Crippen MR) is 132 cm³/mol. The first-order chi connectivity index (χ1) is 16.0. The van der Waals surface area contributed by atoms with Crippen molar-refractivity contribution in [2.75, 3.05) is 33.4 Å². The second-order valence-corrected chi connectivity index (χ2v) is 9.69. The van der Waals surface area contributed by atoms with Gasteiger partial charge in [-0.15, -0.1) is 11.3 Å². The van der Waals surface area contributed by atoms with Gasteiger partial charge in [0.2, 0.25) is 0 Å². The predicted octanol–water partition coefficient (Wildman–Crippen LogP) is 4.29. The molecule has 1 saturated heterocycles. The van der Waals surface area contributed by atoms with Crippen molar-refractivity contribution in [2.45, 2.75) is 31.8 Å². The van der Waals surface area contributed by atoms with Crippen LogP contribution in [-0.4, -0.2) is 58.4 Å². The lowest BCUT2D eigenvalue weighted by Gasteiger charge is -2.40. The van der Waals surface area contributed by atoms with Crippen LogP contribution < -0.4 is 4.74 Å². The molecule has 0 unspecified atom stereocenters. The molecule has 1 aliphatic heterocycles. The second kappa shape index (κ2) is 10.8. The number of ether oxygens (including phenoxy) is 1. The van der Waals surface area contributed by atoms with Gasteiger partial charge in [-0.3, -0.25) is 9.88 Å². The maximum atomic E-state index is 11.1. The van der Waals surface area contributed by atoms with E-state index in [9.17, 15) is 10.2 Å². The van der Waals surface area contributed by atoms with Crippen molar-refractivity contribution < 1.29 is 14.9 Å². The molecule has 0 radical (unpaired) electrons. The Kier molecular flexibility index (Phi) is 7.84. The molecule has 3 aromatic rings. The van der Waals surface area contributed by atoms with Gasteiger partial charge in [0.25, 0.3) is 0 Å². The minimum Gasteiger partial charge on any atom is -0.497 e. The second-order valence-electron chi connectivity index (χ2n) is 8.57. The van der Waals surface area contributed by atoms with Crippen molar-refractivity contribution in [2.24, 2.45) is 5.41 Å². The van der Waals surface area contributed by atoms with Crippen LogP contribution in [0, 0.1) is 17.3 Å². The largest absolute Gasteiger partial charge is 0.497 e. The standard InChI is InChI=1S/C25H28ClN3O3S/c1-32-19-4-5-22-20(13-19)24(21(26)14-27-22)23(31)6-7-25(16-30)8-11-29(12-9-25)10-2-3-18-15-33-17-28-18/h4-5,13-15,17,23,30-31H,6-12,16H2,1H3/t23-/m0/s1. The van der Waals surface area contributed by atoms with E-state index < -0.39 is 6.10 Å². The lowest BCUT2D eigenvalue weighted by atomic mass is 9.74. The average Bonchev–Trinajstić information content (AvgIpc) is 3.36. The molecule has 4 rings (SSSR count). The van der Waals surface area contributed by atoms with Crippen LogP contribution in [0.3, 0.4) is 0 Å². The highest BCUT2D eigenvalue weighted by atomic mass is 35.5. The number of piperidine rings is 1. The van der Waals surface area contributed by atoms with Gasteiger partial charge in [0.15, 0.2) is 0 Å². The molecular weight excluding hydrogens is 458 g/mol. The van der Waals surface area contributed by atoms with Crippen LogP contribution in [0.1, 0.15) is 43.0 Å². The zero-order chi connectivity index (χ0) is 23.3. The number of hydrogen-bond donors (Lipinski definition) is 2. The Hall–Kier alpha value is -2.21. The van der Waals surface area contributed by atoms with Crippen molar-refractivity contribution in [3.05, 3.63) is 51.6 Å². The molecule has 6 nitrogen and oxygen atoms in total. The van der Waals surface area contributed by atoms with Gasteiger partial charge in [0, 0.05) is 29.1 Å². The summed E-state index contributed by atoms with van der Waals surface area (Å²) in [6, 6.07) is 5.57. The van der Waals surface area contributed by atoms with Crippen LogP contribution in [-0.2, 0) is 0 Å². The number of aliphatic hydroxyl groups excluding tert-OH is 2. The van der Waals surface area contributed by atoms with Gasteiger partial charge in [-0.25, -0.2) is 4.98 Å². The van der Waals surface area contributed by atoms with Crippen LogP contribution in [0.2, 0.25) is 5.02 Å². The summed E-state index contributed by atoms with van der Waals surface area (Å²) >= 11 is 8.00. The summed E-state index contributed by atoms with van der Waals surface area (Å²) in [5.74, 6) is 6.98. The number of methoxy groups -OCH3 is 1. The van der Waals surface area contributed by atoms with Gasteiger partial charge >= 0.3 is 0 Å². The number of halogens is 1. The minimum absolute atomic E-state index is 0.108. The molecular formula is C25H28ClN3O3S. The number of likely N-dealkylation sites (tertiary alicyclic amines) is 1. The van der Waals surface area contributed by atoms with E-state index in [2.05, 4.69) is 26.7 Å². The van der Waals surface area contributed by atoms with Crippen molar-refractivity contribution in [1.82, 2.24) is 14.9 Å². The topological polar surface area (TPSA) is 78.7 Å². The molecule has 1 aromatic carbocycles. The van der Waals surface area contributed by atoms with E-state index in [1.54, 1.807) is 30.2 Å². The van der Waals surface area contributed by atoms with E-state index in [-0.39, 0.29) is 12.0 Å². The molecule has 0 aliphatic carbocycles. The Morgan fingerprint density at radius 3 is 2.82 bits per heavy atom. The Labute approximate surface area is 203 Å². The highest BCUT2D eigenvalue weighted by Gasteiger charge is 2.34. The normalized spacial score (nSPS) is 16.8. The van der Waals surface area contributed by atoms with Crippen molar-refractivity contribution >= 4 is 33.8 Å². The highest BCUT2D eigenvalue weighted by Crippen LogP contribution is 2.40. The zero-order valence-electron chi connectivity index (χ0n) is 18.6. The first-order valence-corrected chi connectivity index (χ1v) is 12.4. The monoisotopic (exact) mass is 485 g/mol. The summed E-state index contributed by atoms with van der Waals surface area (Å²) < 4.78 is 5.34. The molecule has 0 amide bonds. The van der Waals surface area contributed by atoms with Crippen LogP contribution in [0.15, 0.2) is 35.3 Å². The van der Waals surface area contributed by atoms with Gasteiger partial charge in [0.05, 0.1) is 35.8 Å². The van der Waals surface area contributed by atoms with Gasteiger partial charge in [-0.05, 0) is 68.3 Å². The summed E-state index contributed by atoms with van der Waals surface area (Å²) in [7, 11) is 1.61. The molecule has 0 saturated carbocycles. The molecule has 1 fully saturated rings. The molecule has 3 heterocycles. The van der Waals surface area contributed by atoms with Crippen LogP contribution in [0.25, 0.3) is 10.9 Å². The first-order valence-electron chi connectivity index (χ1n) is 11.0. The number of pyridine rings is 1. The number of hydrogen-bond acceptors (Lipinski definition) is 7. The van der Waals surface area contributed by atoms with Gasteiger partial charge in [-0.2, -0.15) is 0 Å². The smallest absolute Gasteiger partial charge is 0.124 e. The fourth-order valence-electron chi connectivity index (χ4n) is 4.41. The molecule has 33 heavy (non-hydrogen) atoms. The van der Waals surface area contributed by atoms with Crippen molar-refractivity contribution in [1.29, 1.82) is 0 Å². The third-order valence-electron chi connectivity index (χ3n) is 6.55. The fraction of sp³-hybridized carbons (Fsp3) is 0.440. The van der Waals surface area contributed by atoms with E-state index >= 15 is 0 Å². The van der Waals surface area contributed by atoms with Gasteiger partial charge in [0.1, 0.15) is 11.4 Å². The molecule has 2 N–H and O–H groups in total. The first kappa shape index (κ1) is 23.9. The van der Waals surface area contributed by atoms with E-state index in [4.69, 9.17) is 16.3 Å². The van der Waals surface area contributed by atoms with E-state index in [0.717, 1.165) is 42.5 Å². The number of rotatable bonds is 7. The van der Waals surface area contributed by atoms with E-state index in [1.165, 1.54) is 0 Å². The summed E-state index contributed by atoms with van der Waals surface area (Å²) in [6.45, 7) is 2.55. The maximum Gasteiger partial charge on any atom is 0.124 e. The van der Waals surface area contributed by atoms with E-state index in [1.807, 2.05) is 23.6 Å². The van der Waals surface area contributed by atoms with Crippen molar-refractivity contribution in [3.63, 3.8) is 0 Å². The number of nitrogens with zero attached hydrogens (tertiary/aromatic N) is 3. The molecule has 1 atom stereocenters. The van der Waals surface area contributed by atoms with Crippen molar-refractivity contribution in [3.8, 4) is 17.6 Å². The zero-order valence-corrected chi connectivity index (χ0v) is 20.2. The number of thiazole rings is 1. The average molecular weight is 486 g/mol. The number of aromatic nitrogens is 2. The molecule has 1 aliphatic rings. The Balaban J connectivity index is 1.39. The fourth-order valence-corrected chi connectivity index (χ4v) is 5.17. The molecule has 2 aromatic heterocycles. The molecule has 8 heteroatoms. The molecule has 174 valence electrons. The summed E-state index contributed by atoms with van der Waals surface area (Å²) in [5, 5.41) is 24.5. The minimum atomic E-state index is -0.750. The Morgan fingerprint density at radius 1 is 1.30 bits per heavy atom. The highest BCUT2D eigenvalue weighted by molar-refractivity contribution is 7.07. The van der Waals surface area contributed by atoms with Gasteiger partial charge in [-0.1, -0.05) is 17.5 Å². The maximum absolute atomic E-state index is 11.1. The lowest BCUT2D eigenvalue weighted by Crippen LogP contribution is -2.42. The molecule has 0 bridgehead atoms. The number of aliphatic hydroxyl groups is 2. The summed E-state index contributed by atoms with van der Waals surface area (Å²) in [4.78, 5) is 10.9. The Morgan fingerprint density at radius 2 is 2.12 bits per heavy atom. The Bertz CT molecular complexity index is 1130. The summed E-state index contributed by atoms with van der Waals surface area (Å²) in [6.07, 6.45) is 3.80. The lowest BCUT2D eigenvalue weighted by molar-refractivity contribution is 0.0273. The SMILES string of the molecule is COc1ccc2ncc(Cl)c([C@@H](O)CCC3(CO)CCN(CC#Cc4cscn4)CC3)c2c1. The van der Waals surface area contributed by atoms with E-state index in [0.29, 0.717) is 35.7 Å². The van der Waals surface area contributed by atoms with Crippen LogP contribution in [0.5, 0.6) is 5.75 Å². The quantitative estimate of drug-likeness (QED) is 0.486. The third kappa shape index (κ3) is 5.65. The summed E-state index contributed by atoms with van der Waals surface area (Å²) in [5.41, 5.74) is 3.83.